The summed E-state index contributed by atoms with van der Waals surface area (Å²) in [5.41, 5.74) is 1.94. The van der Waals surface area contributed by atoms with Crippen LogP contribution < -0.4 is 5.32 Å². The smallest absolute Gasteiger partial charge is 0.322 e. The van der Waals surface area contributed by atoms with Crippen LogP contribution in [0, 0.1) is 0 Å². The molecular weight excluding hydrogens is 352 g/mol. The second kappa shape index (κ2) is 6.57. The van der Waals surface area contributed by atoms with Crippen molar-refractivity contribution in [3.8, 4) is 11.3 Å². The van der Waals surface area contributed by atoms with Crippen LogP contribution in [0.25, 0.3) is 22.3 Å². The van der Waals surface area contributed by atoms with Crippen LogP contribution in [0.3, 0.4) is 0 Å². The third kappa shape index (κ3) is 3.35. The number of amides is 2. The van der Waals surface area contributed by atoms with Gasteiger partial charge < -0.3 is 4.90 Å². The van der Waals surface area contributed by atoms with Gasteiger partial charge in [-0.25, -0.2) is 19.4 Å². The molecule has 0 aliphatic carbocycles. The molecule has 26 heavy (non-hydrogen) atoms. The predicted molar refractivity (Wildman–Crippen MR) is 103 cm³/mol. The molecule has 2 heterocycles. The quantitative estimate of drug-likeness (QED) is 0.737. The summed E-state index contributed by atoms with van der Waals surface area (Å²) in [4.78, 5) is 22.3. The first-order chi connectivity index (χ1) is 12.2. The van der Waals surface area contributed by atoms with Gasteiger partial charge in [0.05, 0.1) is 10.9 Å². The topological polar surface area (TPSA) is 75.9 Å². The highest BCUT2D eigenvalue weighted by atomic mass is 35.5. The van der Waals surface area contributed by atoms with E-state index in [1.165, 1.54) is 11.2 Å². The van der Waals surface area contributed by atoms with Gasteiger partial charge in [-0.2, -0.15) is 5.10 Å². The van der Waals surface area contributed by atoms with E-state index in [1.807, 2.05) is 37.6 Å². The van der Waals surface area contributed by atoms with Crippen molar-refractivity contribution in [2.24, 2.45) is 0 Å². The molecular formula is C18H21ClN6O. The van der Waals surface area contributed by atoms with Crippen molar-refractivity contribution in [1.82, 2.24) is 24.6 Å². The molecule has 2 aromatic heterocycles. The van der Waals surface area contributed by atoms with E-state index < -0.39 is 0 Å². The lowest BCUT2D eigenvalue weighted by Gasteiger charge is -2.19. The molecule has 0 atom stereocenters. The Morgan fingerprint density at radius 3 is 2.38 bits per heavy atom. The van der Waals surface area contributed by atoms with Crippen LogP contribution in [-0.4, -0.2) is 44.8 Å². The molecule has 2 amide bonds. The van der Waals surface area contributed by atoms with Gasteiger partial charge >= 0.3 is 6.03 Å². The molecule has 1 aromatic carbocycles. The highest BCUT2D eigenvalue weighted by molar-refractivity contribution is 6.30. The highest BCUT2D eigenvalue weighted by Crippen LogP contribution is 2.34. The first-order valence-corrected chi connectivity index (χ1v) is 8.54. The van der Waals surface area contributed by atoms with E-state index in [0.29, 0.717) is 27.6 Å². The lowest BCUT2D eigenvalue weighted by Crippen LogP contribution is -2.28. The minimum absolute atomic E-state index is 0.268. The van der Waals surface area contributed by atoms with E-state index in [9.17, 15) is 4.79 Å². The highest BCUT2D eigenvalue weighted by Gasteiger charge is 2.25. The van der Waals surface area contributed by atoms with E-state index in [0.717, 1.165) is 5.56 Å². The summed E-state index contributed by atoms with van der Waals surface area (Å²) in [7, 11) is 3.35. The summed E-state index contributed by atoms with van der Waals surface area (Å²) in [5, 5.41) is 8.95. The number of hydrogen-bond acceptors (Lipinski definition) is 4. The summed E-state index contributed by atoms with van der Waals surface area (Å²) in [6, 6.07) is 7.13. The summed E-state index contributed by atoms with van der Waals surface area (Å²) < 4.78 is 1.85. The first kappa shape index (κ1) is 18.1. The molecule has 0 fully saturated rings. The maximum atomic E-state index is 12.2. The largest absolute Gasteiger partial charge is 0.331 e. The van der Waals surface area contributed by atoms with Crippen LogP contribution in [0.15, 0.2) is 30.6 Å². The predicted octanol–water partition coefficient (Wildman–Crippen LogP) is 4.00. The molecule has 0 unspecified atom stereocenters. The maximum Gasteiger partial charge on any atom is 0.322 e. The molecule has 0 spiro atoms. The molecule has 0 saturated heterocycles. The van der Waals surface area contributed by atoms with Crippen LogP contribution in [0.4, 0.5) is 10.6 Å². The number of rotatable bonds is 2. The molecule has 0 aliphatic heterocycles. The van der Waals surface area contributed by atoms with E-state index in [2.05, 4.69) is 15.3 Å². The summed E-state index contributed by atoms with van der Waals surface area (Å²) in [6.45, 7) is 6.14. The second-order valence-electron chi connectivity index (χ2n) is 7.18. The Bertz CT molecular complexity index is 956. The Balaban J connectivity index is 2.28. The van der Waals surface area contributed by atoms with Gasteiger partial charge in [0.1, 0.15) is 17.8 Å². The summed E-state index contributed by atoms with van der Waals surface area (Å²) >= 11 is 6.02. The maximum absolute atomic E-state index is 12.2. The standard InChI is InChI=1S/C18H21ClN6O/c1-18(2,3)25-16-13(14(23-25)11-6-8-12(19)9-7-11)15(20-10-21-16)22-17(26)24(4)5/h6-10H,1-5H3,(H,20,21,22,26). The molecule has 7 nitrogen and oxygen atoms in total. The molecule has 3 rings (SSSR count). The average molecular weight is 373 g/mol. The number of fused-ring (bicyclic) bond motifs is 1. The molecule has 0 radical (unpaired) electrons. The number of hydrogen-bond donors (Lipinski definition) is 1. The average Bonchev–Trinajstić information content (AvgIpc) is 2.96. The van der Waals surface area contributed by atoms with Gasteiger partial charge in [0, 0.05) is 24.7 Å². The number of nitrogens with one attached hydrogen (secondary N) is 1. The Hall–Kier alpha value is -2.67. The summed E-state index contributed by atoms with van der Waals surface area (Å²) in [5.74, 6) is 0.425. The molecule has 8 heteroatoms. The molecule has 136 valence electrons. The fourth-order valence-electron chi connectivity index (χ4n) is 2.54. The van der Waals surface area contributed by atoms with Crippen LogP contribution in [0.1, 0.15) is 20.8 Å². The zero-order chi connectivity index (χ0) is 19.1. The van der Waals surface area contributed by atoms with Crippen LogP contribution in [0.2, 0.25) is 5.02 Å². The Labute approximate surface area is 157 Å². The number of carbonyl (C=O) groups is 1. The van der Waals surface area contributed by atoms with Crippen molar-refractivity contribution in [3.05, 3.63) is 35.6 Å². The van der Waals surface area contributed by atoms with Crippen molar-refractivity contribution in [2.75, 3.05) is 19.4 Å². The van der Waals surface area contributed by atoms with E-state index in [1.54, 1.807) is 26.2 Å². The lowest BCUT2D eigenvalue weighted by molar-refractivity contribution is 0.230. The molecule has 0 saturated carbocycles. The number of halogens is 1. The Morgan fingerprint density at radius 2 is 1.81 bits per heavy atom. The number of aromatic nitrogens is 4. The number of nitrogens with zero attached hydrogens (tertiary/aromatic N) is 5. The van der Waals surface area contributed by atoms with Gasteiger partial charge in [0.2, 0.25) is 0 Å². The number of benzene rings is 1. The normalized spacial score (nSPS) is 11.6. The van der Waals surface area contributed by atoms with Gasteiger partial charge in [-0.1, -0.05) is 23.7 Å². The minimum atomic E-state index is -0.292. The minimum Gasteiger partial charge on any atom is -0.331 e. The number of carbonyl (C=O) groups excluding carboxylic acids is 1. The first-order valence-electron chi connectivity index (χ1n) is 8.17. The van der Waals surface area contributed by atoms with Gasteiger partial charge in [-0.3, -0.25) is 5.32 Å². The number of urea groups is 1. The Morgan fingerprint density at radius 1 is 1.15 bits per heavy atom. The van der Waals surface area contributed by atoms with Crippen LogP contribution in [-0.2, 0) is 5.54 Å². The van der Waals surface area contributed by atoms with Crippen LogP contribution in [0.5, 0.6) is 0 Å². The van der Waals surface area contributed by atoms with Crippen molar-refractivity contribution in [2.45, 2.75) is 26.3 Å². The molecule has 0 bridgehead atoms. The molecule has 1 N–H and O–H groups in total. The fraction of sp³-hybridized carbons (Fsp3) is 0.333. The molecule has 0 aliphatic rings. The number of anilines is 1. The fourth-order valence-corrected chi connectivity index (χ4v) is 2.66. The van der Waals surface area contributed by atoms with Gasteiger partial charge in [0.15, 0.2) is 5.65 Å². The summed E-state index contributed by atoms with van der Waals surface area (Å²) in [6.07, 6.45) is 1.43. The van der Waals surface area contributed by atoms with Crippen molar-refractivity contribution in [1.29, 1.82) is 0 Å². The SMILES string of the molecule is CN(C)C(=O)Nc1ncnc2c1c(-c1ccc(Cl)cc1)nn2C(C)(C)C. The Kier molecular flexibility index (Phi) is 4.58. The van der Waals surface area contributed by atoms with Gasteiger partial charge in [-0.05, 0) is 32.9 Å². The van der Waals surface area contributed by atoms with E-state index in [-0.39, 0.29) is 11.6 Å². The van der Waals surface area contributed by atoms with E-state index in [4.69, 9.17) is 16.7 Å². The van der Waals surface area contributed by atoms with Crippen molar-refractivity contribution < 1.29 is 4.79 Å². The van der Waals surface area contributed by atoms with E-state index >= 15 is 0 Å². The molecule has 3 aromatic rings. The van der Waals surface area contributed by atoms with Gasteiger partial charge in [-0.15, -0.1) is 0 Å². The third-order valence-electron chi connectivity index (χ3n) is 3.85. The monoisotopic (exact) mass is 372 g/mol. The van der Waals surface area contributed by atoms with Crippen LogP contribution >= 0.6 is 11.6 Å². The van der Waals surface area contributed by atoms with Gasteiger partial charge in [0.25, 0.3) is 0 Å². The van der Waals surface area contributed by atoms with Crippen molar-refractivity contribution in [3.63, 3.8) is 0 Å². The third-order valence-corrected chi connectivity index (χ3v) is 4.10. The zero-order valence-corrected chi connectivity index (χ0v) is 16.2. The lowest BCUT2D eigenvalue weighted by atomic mass is 10.1. The van der Waals surface area contributed by atoms with Crippen molar-refractivity contribution >= 4 is 34.5 Å². The zero-order valence-electron chi connectivity index (χ0n) is 15.4. The second-order valence-corrected chi connectivity index (χ2v) is 7.62.